The molecule has 0 amide bonds. The van der Waals surface area contributed by atoms with Crippen LogP contribution in [0.4, 0.5) is 0 Å². The molecule has 1 aromatic heterocycles. The number of aliphatic hydroxyl groups is 1. The van der Waals surface area contributed by atoms with E-state index in [9.17, 15) is 5.11 Å². The summed E-state index contributed by atoms with van der Waals surface area (Å²) in [6.07, 6.45) is 7.58. The monoisotopic (exact) mass is 363 g/mol. The molecular weight excluding hydrogens is 326 g/mol. The number of piperidine rings is 1. The summed E-state index contributed by atoms with van der Waals surface area (Å²) < 4.78 is 2.00. The highest BCUT2D eigenvalue weighted by molar-refractivity contribution is 5.04. The van der Waals surface area contributed by atoms with Crippen molar-refractivity contribution in [3.8, 4) is 0 Å². The SMILES string of the molecule is CCn1cc(CN2CCN(C3CCN(C(C)C)CC3)C(CCO)C2)cn1. The molecule has 0 spiro atoms. The fraction of sp³-hybridized carbons (Fsp3) is 0.850. The molecule has 0 aromatic carbocycles. The quantitative estimate of drug-likeness (QED) is 0.798. The average molecular weight is 364 g/mol. The molecule has 6 heteroatoms. The molecule has 26 heavy (non-hydrogen) atoms. The Bertz CT molecular complexity index is 538. The van der Waals surface area contributed by atoms with Gasteiger partial charge in [-0.15, -0.1) is 0 Å². The molecule has 1 N–H and O–H groups in total. The van der Waals surface area contributed by atoms with Gasteiger partial charge in [0.1, 0.15) is 0 Å². The van der Waals surface area contributed by atoms with E-state index in [1.165, 1.54) is 31.5 Å². The van der Waals surface area contributed by atoms with E-state index in [2.05, 4.69) is 46.8 Å². The van der Waals surface area contributed by atoms with Crippen LogP contribution in [0.3, 0.4) is 0 Å². The van der Waals surface area contributed by atoms with Crippen molar-refractivity contribution < 1.29 is 5.11 Å². The predicted octanol–water partition coefficient (Wildman–Crippen LogP) is 1.64. The Morgan fingerprint density at radius 1 is 1.19 bits per heavy atom. The third-order valence-electron chi connectivity index (χ3n) is 6.19. The Labute approximate surface area is 158 Å². The van der Waals surface area contributed by atoms with E-state index in [1.807, 2.05) is 10.9 Å². The molecule has 1 unspecified atom stereocenters. The Morgan fingerprint density at radius 2 is 1.96 bits per heavy atom. The lowest BCUT2D eigenvalue weighted by Gasteiger charge is -2.48. The van der Waals surface area contributed by atoms with Gasteiger partial charge in [0, 0.05) is 69.2 Å². The topological polar surface area (TPSA) is 47.8 Å². The molecule has 0 bridgehead atoms. The van der Waals surface area contributed by atoms with E-state index in [4.69, 9.17) is 0 Å². The zero-order valence-corrected chi connectivity index (χ0v) is 16.8. The summed E-state index contributed by atoms with van der Waals surface area (Å²) in [5, 5.41) is 14.0. The molecule has 3 rings (SSSR count). The molecule has 2 saturated heterocycles. The predicted molar refractivity (Wildman–Crippen MR) is 105 cm³/mol. The first-order chi connectivity index (χ1) is 12.6. The van der Waals surface area contributed by atoms with Crippen molar-refractivity contribution in [2.75, 3.05) is 39.3 Å². The first kappa shape index (κ1) is 19.8. The molecule has 0 aliphatic carbocycles. The summed E-state index contributed by atoms with van der Waals surface area (Å²) in [7, 11) is 0. The third-order valence-corrected chi connectivity index (χ3v) is 6.19. The second kappa shape index (κ2) is 9.31. The van der Waals surface area contributed by atoms with Crippen molar-refractivity contribution in [1.82, 2.24) is 24.5 Å². The molecule has 1 aromatic rings. The van der Waals surface area contributed by atoms with Crippen LogP contribution in [0.2, 0.25) is 0 Å². The second-order valence-electron chi connectivity index (χ2n) is 8.20. The van der Waals surface area contributed by atoms with Crippen LogP contribution in [0.1, 0.15) is 45.6 Å². The summed E-state index contributed by atoms with van der Waals surface area (Å²) in [6, 6.07) is 1.82. The van der Waals surface area contributed by atoms with Gasteiger partial charge in [-0.3, -0.25) is 14.5 Å². The zero-order chi connectivity index (χ0) is 18.5. The Morgan fingerprint density at radius 3 is 2.58 bits per heavy atom. The average Bonchev–Trinajstić information content (AvgIpc) is 3.10. The summed E-state index contributed by atoms with van der Waals surface area (Å²) >= 11 is 0. The number of likely N-dealkylation sites (tertiary alicyclic amines) is 1. The lowest BCUT2D eigenvalue weighted by molar-refractivity contribution is -0.0000357. The summed E-state index contributed by atoms with van der Waals surface area (Å²) in [4.78, 5) is 7.84. The van der Waals surface area contributed by atoms with Gasteiger partial charge in [0.05, 0.1) is 6.20 Å². The van der Waals surface area contributed by atoms with Gasteiger partial charge in [0.25, 0.3) is 0 Å². The molecule has 1 atom stereocenters. The first-order valence-corrected chi connectivity index (χ1v) is 10.4. The Kier molecular flexibility index (Phi) is 7.09. The summed E-state index contributed by atoms with van der Waals surface area (Å²) in [6.45, 7) is 14.6. The van der Waals surface area contributed by atoms with Crippen molar-refractivity contribution in [2.45, 2.75) is 71.2 Å². The maximum atomic E-state index is 9.59. The van der Waals surface area contributed by atoms with Gasteiger partial charge in [-0.1, -0.05) is 0 Å². The number of piperazine rings is 1. The normalized spacial score (nSPS) is 24.6. The van der Waals surface area contributed by atoms with E-state index in [0.29, 0.717) is 18.1 Å². The minimum atomic E-state index is 0.285. The van der Waals surface area contributed by atoms with Crippen LogP contribution < -0.4 is 0 Å². The van der Waals surface area contributed by atoms with Gasteiger partial charge in [-0.05, 0) is 53.1 Å². The second-order valence-corrected chi connectivity index (χ2v) is 8.20. The van der Waals surface area contributed by atoms with Crippen LogP contribution in [0.25, 0.3) is 0 Å². The fourth-order valence-electron chi connectivity index (χ4n) is 4.62. The van der Waals surface area contributed by atoms with Crippen molar-refractivity contribution in [3.05, 3.63) is 18.0 Å². The number of aromatic nitrogens is 2. The molecule has 2 aliphatic rings. The highest BCUT2D eigenvalue weighted by Gasteiger charge is 2.33. The van der Waals surface area contributed by atoms with Crippen molar-refractivity contribution >= 4 is 0 Å². The smallest absolute Gasteiger partial charge is 0.0534 e. The number of nitrogens with zero attached hydrogens (tertiary/aromatic N) is 5. The van der Waals surface area contributed by atoms with Gasteiger partial charge >= 0.3 is 0 Å². The van der Waals surface area contributed by atoms with Gasteiger partial charge in [0.2, 0.25) is 0 Å². The molecule has 2 fully saturated rings. The van der Waals surface area contributed by atoms with E-state index in [-0.39, 0.29) is 6.61 Å². The van der Waals surface area contributed by atoms with E-state index >= 15 is 0 Å². The van der Waals surface area contributed by atoms with Gasteiger partial charge < -0.3 is 10.0 Å². The Balaban J connectivity index is 1.56. The summed E-state index contributed by atoms with van der Waals surface area (Å²) in [5.41, 5.74) is 1.30. The molecule has 2 aliphatic heterocycles. The lowest BCUT2D eigenvalue weighted by Crippen LogP contribution is -2.58. The van der Waals surface area contributed by atoms with Gasteiger partial charge in [0.15, 0.2) is 0 Å². The number of aliphatic hydroxyl groups excluding tert-OH is 1. The van der Waals surface area contributed by atoms with Gasteiger partial charge in [-0.2, -0.15) is 5.10 Å². The van der Waals surface area contributed by atoms with Crippen LogP contribution in [0.15, 0.2) is 12.4 Å². The number of hydrogen-bond acceptors (Lipinski definition) is 5. The Hall–Kier alpha value is -0.950. The molecule has 3 heterocycles. The highest BCUT2D eigenvalue weighted by atomic mass is 16.3. The largest absolute Gasteiger partial charge is 0.396 e. The standard InChI is InChI=1S/C20H37N5O/c1-4-24-15-18(13-21-24)14-22-10-11-25(20(16-22)7-12-26)19-5-8-23(9-6-19)17(2)3/h13,15,17,19-20,26H,4-12,14,16H2,1-3H3. The molecule has 148 valence electrons. The van der Waals surface area contributed by atoms with E-state index < -0.39 is 0 Å². The number of rotatable bonds is 7. The molecule has 0 saturated carbocycles. The van der Waals surface area contributed by atoms with Crippen molar-refractivity contribution in [2.24, 2.45) is 0 Å². The van der Waals surface area contributed by atoms with Crippen LogP contribution >= 0.6 is 0 Å². The molecule has 0 radical (unpaired) electrons. The van der Waals surface area contributed by atoms with Crippen molar-refractivity contribution in [3.63, 3.8) is 0 Å². The fourth-order valence-corrected chi connectivity index (χ4v) is 4.62. The number of hydrogen-bond donors (Lipinski definition) is 1. The molecular formula is C20H37N5O. The summed E-state index contributed by atoms with van der Waals surface area (Å²) in [5.74, 6) is 0. The lowest BCUT2D eigenvalue weighted by atomic mass is 9.97. The van der Waals surface area contributed by atoms with Crippen LogP contribution in [0.5, 0.6) is 0 Å². The van der Waals surface area contributed by atoms with E-state index in [0.717, 1.165) is 39.1 Å². The maximum absolute atomic E-state index is 9.59. The maximum Gasteiger partial charge on any atom is 0.0534 e. The minimum absolute atomic E-state index is 0.285. The van der Waals surface area contributed by atoms with Crippen LogP contribution in [-0.4, -0.2) is 87.0 Å². The molecule has 6 nitrogen and oxygen atoms in total. The first-order valence-electron chi connectivity index (χ1n) is 10.4. The van der Waals surface area contributed by atoms with Crippen LogP contribution in [0, 0.1) is 0 Å². The van der Waals surface area contributed by atoms with E-state index in [1.54, 1.807) is 0 Å². The van der Waals surface area contributed by atoms with Gasteiger partial charge in [-0.25, -0.2) is 0 Å². The van der Waals surface area contributed by atoms with Crippen molar-refractivity contribution in [1.29, 1.82) is 0 Å². The third kappa shape index (κ3) is 4.85. The minimum Gasteiger partial charge on any atom is -0.396 e. The number of aryl methyl sites for hydroxylation is 1. The van der Waals surface area contributed by atoms with Crippen LogP contribution in [-0.2, 0) is 13.1 Å². The zero-order valence-electron chi connectivity index (χ0n) is 16.8. The highest BCUT2D eigenvalue weighted by Crippen LogP contribution is 2.24.